The van der Waals surface area contributed by atoms with Gasteiger partial charge in [0.25, 0.3) is 5.97 Å². The van der Waals surface area contributed by atoms with Crippen molar-refractivity contribution in [3.8, 4) is 0 Å². The maximum atomic E-state index is 9.00. The molecule has 3 nitrogen and oxygen atoms in total. The molecular weight excluding hydrogens is 142 g/mol. The van der Waals surface area contributed by atoms with Crippen LogP contribution >= 0.6 is 0 Å². The Morgan fingerprint density at radius 2 is 1.36 bits per heavy atom. The molecule has 0 amide bonds. The highest BCUT2D eigenvalue weighted by Gasteiger charge is 1.75. The fourth-order valence-corrected chi connectivity index (χ4v) is 0.500. The van der Waals surface area contributed by atoms with Gasteiger partial charge < -0.3 is 11.3 Å². The van der Waals surface area contributed by atoms with Gasteiger partial charge in [-0.3, -0.25) is 4.79 Å². The van der Waals surface area contributed by atoms with Gasteiger partial charge in [-0.2, -0.15) is 0 Å². The standard InChI is InChI=1S/C6H14.C2H4O2.H3N/c1-3-5-6-4-2;1-2(3)4;/h3-6H2,1-2H3;1H3,(H,3,4);1H3. The van der Waals surface area contributed by atoms with Crippen LogP contribution in [0, 0.1) is 0 Å². The van der Waals surface area contributed by atoms with Crippen LogP contribution < -0.4 is 6.15 Å². The monoisotopic (exact) mass is 163 g/mol. The third-order valence-electron chi connectivity index (χ3n) is 0.957. The highest BCUT2D eigenvalue weighted by molar-refractivity contribution is 5.62. The lowest BCUT2D eigenvalue weighted by Gasteiger charge is -1.86. The second-order valence-electron chi connectivity index (χ2n) is 2.23. The number of rotatable bonds is 3. The molecule has 0 aromatic heterocycles. The zero-order valence-corrected chi connectivity index (χ0v) is 7.89. The second kappa shape index (κ2) is 16.2. The Balaban J connectivity index is -0.000000114. The van der Waals surface area contributed by atoms with Crippen LogP contribution in [-0.4, -0.2) is 11.1 Å². The van der Waals surface area contributed by atoms with E-state index in [-0.39, 0.29) is 6.15 Å². The molecule has 0 aliphatic rings. The van der Waals surface area contributed by atoms with E-state index < -0.39 is 5.97 Å². The molecule has 0 aliphatic heterocycles. The van der Waals surface area contributed by atoms with Crippen molar-refractivity contribution in [1.29, 1.82) is 0 Å². The van der Waals surface area contributed by atoms with Crippen LogP contribution in [0.4, 0.5) is 0 Å². The summed E-state index contributed by atoms with van der Waals surface area (Å²) >= 11 is 0. The fourth-order valence-electron chi connectivity index (χ4n) is 0.500. The molecule has 0 heterocycles. The van der Waals surface area contributed by atoms with Crippen LogP contribution in [0.5, 0.6) is 0 Å². The largest absolute Gasteiger partial charge is 0.481 e. The van der Waals surface area contributed by atoms with E-state index in [0.717, 1.165) is 6.92 Å². The molecule has 0 spiro atoms. The van der Waals surface area contributed by atoms with Crippen molar-refractivity contribution < 1.29 is 9.90 Å². The highest BCUT2D eigenvalue weighted by Crippen LogP contribution is 1.95. The van der Waals surface area contributed by atoms with E-state index >= 15 is 0 Å². The molecule has 0 aromatic carbocycles. The van der Waals surface area contributed by atoms with Crippen molar-refractivity contribution in [2.45, 2.75) is 46.5 Å². The van der Waals surface area contributed by atoms with E-state index in [1.807, 2.05) is 0 Å². The van der Waals surface area contributed by atoms with Crippen LogP contribution in [0.2, 0.25) is 0 Å². The molecule has 70 valence electrons. The third-order valence-corrected chi connectivity index (χ3v) is 0.957. The van der Waals surface area contributed by atoms with E-state index in [2.05, 4.69) is 13.8 Å². The normalized spacial score (nSPS) is 7.18. The minimum Gasteiger partial charge on any atom is -0.481 e. The fraction of sp³-hybridized carbons (Fsp3) is 0.875. The summed E-state index contributed by atoms with van der Waals surface area (Å²) in [5, 5.41) is 7.42. The molecule has 11 heavy (non-hydrogen) atoms. The number of carboxylic acids is 1. The van der Waals surface area contributed by atoms with E-state index in [9.17, 15) is 0 Å². The Morgan fingerprint density at radius 1 is 1.18 bits per heavy atom. The van der Waals surface area contributed by atoms with E-state index in [1.165, 1.54) is 25.7 Å². The lowest BCUT2D eigenvalue weighted by molar-refractivity contribution is -0.134. The predicted molar refractivity (Wildman–Crippen MR) is 48.1 cm³/mol. The molecule has 0 saturated carbocycles. The molecule has 0 radical (unpaired) electrons. The maximum absolute atomic E-state index is 9.00. The summed E-state index contributed by atoms with van der Waals surface area (Å²) in [6, 6.07) is 0. The summed E-state index contributed by atoms with van der Waals surface area (Å²) in [5.41, 5.74) is 0. The summed E-state index contributed by atoms with van der Waals surface area (Å²) in [6.07, 6.45) is 5.54. The third kappa shape index (κ3) is 88.2. The SMILES string of the molecule is CC(=O)O.CCCCCC.N. The van der Waals surface area contributed by atoms with Gasteiger partial charge in [-0.05, 0) is 0 Å². The first kappa shape index (κ1) is 16.8. The number of unbranched alkanes of at least 4 members (excludes halogenated alkanes) is 3. The number of hydrogen-bond acceptors (Lipinski definition) is 2. The van der Waals surface area contributed by atoms with Gasteiger partial charge in [0.05, 0.1) is 0 Å². The zero-order chi connectivity index (χ0) is 8.41. The summed E-state index contributed by atoms with van der Waals surface area (Å²) in [6.45, 7) is 5.55. The Kier molecular flexibility index (Phi) is 24.8. The van der Waals surface area contributed by atoms with Gasteiger partial charge in [0.15, 0.2) is 0 Å². The number of aliphatic carboxylic acids is 1. The Bertz CT molecular complexity index is 66.5. The first-order valence-electron chi connectivity index (χ1n) is 3.84. The van der Waals surface area contributed by atoms with Crippen molar-refractivity contribution in [2.75, 3.05) is 0 Å². The van der Waals surface area contributed by atoms with Crippen LogP contribution in [0.3, 0.4) is 0 Å². The topological polar surface area (TPSA) is 72.3 Å². The maximum Gasteiger partial charge on any atom is 0.300 e. The number of hydrogen-bond donors (Lipinski definition) is 2. The van der Waals surface area contributed by atoms with Gasteiger partial charge in [-0.1, -0.05) is 39.5 Å². The average molecular weight is 163 g/mol. The molecule has 0 aliphatic carbocycles. The summed E-state index contributed by atoms with van der Waals surface area (Å²) in [4.78, 5) is 9.00. The van der Waals surface area contributed by atoms with E-state index in [1.54, 1.807) is 0 Å². The lowest BCUT2D eigenvalue weighted by Crippen LogP contribution is -1.78. The van der Waals surface area contributed by atoms with Crippen molar-refractivity contribution in [1.82, 2.24) is 6.15 Å². The molecule has 3 heteroatoms. The Labute approximate surface area is 69.4 Å². The van der Waals surface area contributed by atoms with Gasteiger partial charge >= 0.3 is 0 Å². The minimum atomic E-state index is -0.833. The molecule has 0 saturated heterocycles. The van der Waals surface area contributed by atoms with Gasteiger partial charge in [0.1, 0.15) is 0 Å². The molecule has 0 aromatic rings. The smallest absolute Gasteiger partial charge is 0.300 e. The summed E-state index contributed by atoms with van der Waals surface area (Å²) in [7, 11) is 0. The molecular formula is C8H21NO2. The van der Waals surface area contributed by atoms with Gasteiger partial charge in [0.2, 0.25) is 0 Å². The van der Waals surface area contributed by atoms with Crippen LogP contribution in [0.15, 0.2) is 0 Å². The van der Waals surface area contributed by atoms with Crippen LogP contribution in [-0.2, 0) is 4.79 Å². The molecule has 4 N–H and O–H groups in total. The second-order valence-corrected chi connectivity index (χ2v) is 2.23. The molecule has 0 rings (SSSR count). The Hall–Kier alpha value is -0.570. The molecule has 0 unspecified atom stereocenters. The predicted octanol–water partition coefficient (Wildman–Crippen LogP) is 2.84. The summed E-state index contributed by atoms with van der Waals surface area (Å²) in [5.74, 6) is -0.833. The van der Waals surface area contributed by atoms with Crippen molar-refractivity contribution in [2.24, 2.45) is 0 Å². The minimum absolute atomic E-state index is 0. The Morgan fingerprint density at radius 3 is 1.45 bits per heavy atom. The molecule has 0 bridgehead atoms. The number of carboxylic acid groups (broad SMARTS) is 1. The first-order chi connectivity index (χ1) is 4.65. The van der Waals surface area contributed by atoms with E-state index in [0.29, 0.717) is 0 Å². The summed E-state index contributed by atoms with van der Waals surface area (Å²) < 4.78 is 0. The van der Waals surface area contributed by atoms with Crippen molar-refractivity contribution in [3.05, 3.63) is 0 Å². The first-order valence-corrected chi connectivity index (χ1v) is 3.84. The molecule has 0 atom stereocenters. The number of carbonyl (C=O) groups is 1. The van der Waals surface area contributed by atoms with Gasteiger partial charge in [-0.25, -0.2) is 0 Å². The van der Waals surface area contributed by atoms with E-state index in [4.69, 9.17) is 9.90 Å². The van der Waals surface area contributed by atoms with Crippen molar-refractivity contribution in [3.63, 3.8) is 0 Å². The van der Waals surface area contributed by atoms with Crippen molar-refractivity contribution >= 4 is 5.97 Å². The van der Waals surface area contributed by atoms with Gasteiger partial charge in [-0.15, -0.1) is 0 Å². The highest BCUT2D eigenvalue weighted by atomic mass is 16.4. The molecule has 0 fully saturated rings. The zero-order valence-electron chi connectivity index (χ0n) is 7.89. The van der Waals surface area contributed by atoms with Crippen LogP contribution in [0.25, 0.3) is 0 Å². The van der Waals surface area contributed by atoms with Crippen LogP contribution in [0.1, 0.15) is 46.5 Å². The lowest BCUT2D eigenvalue weighted by atomic mass is 10.2. The quantitative estimate of drug-likeness (QED) is 0.628. The van der Waals surface area contributed by atoms with Gasteiger partial charge in [0, 0.05) is 6.92 Å². The average Bonchev–Trinajstić information content (AvgIpc) is 1.82.